The maximum absolute atomic E-state index is 5.72. The maximum atomic E-state index is 5.72. The number of hydrogen-bond acceptors (Lipinski definition) is 3. The lowest BCUT2D eigenvalue weighted by Crippen LogP contribution is -2.43. The summed E-state index contributed by atoms with van der Waals surface area (Å²) in [7, 11) is 1.78. The number of benzene rings is 2. The minimum absolute atomic E-state index is 0.381. The summed E-state index contributed by atoms with van der Waals surface area (Å²) in [5.41, 5.74) is 4.07. The van der Waals surface area contributed by atoms with Crippen molar-refractivity contribution in [2.24, 2.45) is 5.92 Å². The summed E-state index contributed by atoms with van der Waals surface area (Å²) in [6, 6.07) is 18.6. The van der Waals surface area contributed by atoms with Crippen LogP contribution in [0, 0.1) is 5.92 Å². The SMILES string of the molecule is COc1ccc(C(C)C)cc1CN[C@H]1CCCCC[C@H]1C(c1ccccc1)N1C=CC=CC1. The highest BCUT2D eigenvalue weighted by Gasteiger charge is 2.34. The van der Waals surface area contributed by atoms with Crippen molar-refractivity contribution >= 4 is 0 Å². The van der Waals surface area contributed by atoms with Crippen LogP contribution in [0.5, 0.6) is 5.75 Å². The average Bonchev–Trinajstić information content (AvgIpc) is 3.09. The third kappa shape index (κ3) is 5.89. The van der Waals surface area contributed by atoms with Crippen LogP contribution in [0.4, 0.5) is 0 Å². The number of ether oxygens (including phenoxy) is 1. The Morgan fingerprint density at radius 1 is 0.970 bits per heavy atom. The van der Waals surface area contributed by atoms with Gasteiger partial charge in [-0.3, -0.25) is 0 Å². The van der Waals surface area contributed by atoms with Crippen molar-refractivity contribution in [3.8, 4) is 5.75 Å². The van der Waals surface area contributed by atoms with Gasteiger partial charge >= 0.3 is 0 Å². The normalized spacial score (nSPS) is 21.8. The Kier molecular flexibility index (Phi) is 8.28. The van der Waals surface area contributed by atoms with Crippen molar-refractivity contribution in [2.45, 2.75) is 70.5 Å². The molecule has 3 atom stereocenters. The third-order valence-electron chi connectivity index (χ3n) is 7.34. The van der Waals surface area contributed by atoms with Gasteiger partial charge in [-0.15, -0.1) is 0 Å². The zero-order valence-corrected chi connectivity index (χ0v) is 20.5. The van der Waals surface area contributed by atoms with E-state index in [0.29, 0.717) is 23.9 Å². The van der Waals surface area contributed by atoms with Gasteiger partial charge < -0.3 is 15.0 Å². The van der Waals surface area contributed by atoms with E-state index >= 15 is 0 Å². The highest BCUT2D eigenvalue weighted by atomic mass is 16.5. The number of rotatable bonds is 8. The van der Waals surface area contributed by atoms with Crippen LogP contribution in [0.15, 0.2) is 73.0 Å². The van der Waals surface area contributed by atoms with E-state index in [1.165, 1.54) is 48.8 Å². The second-order valence-electron chi connectivity index (χ2n) is 9.84. The first kappa shape index (κ1) is 23.6. The van der Waals surface area contributed by atoms with Gasteiger partial charge in [0, 0.05) is 24.7 Å². The van der Waals surface area contributed by atoms with E-state index in [-0.39, 0.29) is 0 Å². The van der Waals surface area contributed by atoms with E-state index in [2.05, 4.69) is 97.0 Å². The minimum Gasteiger partial charge on any atom is -0.496 e. The summed E-state index contributed by atoms with van der Waals surface area (Å²) in [6.45, 7) is 6.34. The van der Waals surface area contributed by atoms with Crippen molar-refractivity contribution in [1.29, 1.82) is 0 Å². The van der Waals surface area contributed by atoms with Gasteiger partial charge in [-0.05, 0) is 54.1 Å². The lowest BCUT2D eigenvalue weighted by Gasteiger charge is -2.41. The molecule has 2 aromatic carbocycles. The van der Waals surface area contributed by atoms with Crippen molar-refractivity contribution in [2.75, 3.05) is 13.7 Å². The van der Waals surface area contributed by atoms with Crippen LogP contribution in [0.2, 0.25) is 0 Å². The molecule has 1 unspecified atom stereocenters. The van der Waals surface area contributed by atoms with E-state index in [4.69, 9.17) is 4.74 Å². The van der Waals surface area contributed by atoms with Crippen molar-refractivity contribution in [3.05, 3.63) is 89.6 Å². The molecule has 1 heterocycles. The quantitative estimate of drug-likeness (QED) is 0.444. The fourth-order valence-corrected chi connectivity index (χ4v) is 5.53. The Morgan fingerprint density at radius 3 is 2.52 bits per heavy atom. The largest absolute Gasteiger partial charge is 0.496 e. The molecule has 1 saturated carbocycles. The Balaban J connectivity index is 1.60. The lowest BCUT2D eigenvalue weighted by atomic mass is 9.82. The predicted molar refractivity (Wildman–Crippen MR) is 138 cm³/mol. The molecule has 0 amide bonds. The van der Waals surface area contributed by atoms with E-state index in [0.717, 1.165) is 18.8 Å². The van der Waals surface area contributed by atoms with Crippen LogP contribution >= 0.6 is 0 Å². The highest BCUT2D eigenvalue weighted by molar-refractivity contribution is 5.38. The second-order valence-corrected chi connectivity index (χ2v) is 9.84. The van der Waals surface area contributed by atoms with E-state index in [9.17, 15) is 0 Å². The molecule has 2 aromatic rings. The van der Waals surface area contributed by atoms with Gasteiger partial charge in [-0.25, -0.2) is 0 Å². The minimum atomic E-state index is 0.381. The molecule has 0 radical (unpaired) electrons. The predicted octanol–water partition coefficient (Wildman–Crippen LogP) is 6.98. The van der Waals surface area contributed by atoms with Gasteiger partial charge in [0.1, 0.15) is 5.75 Å². The third-order valence-corrected chi connectivity index (χ3v) is 7.34. The summed E-state index contributed by atoms with van der Waals surface area (Å²) in [4.78, 5) is 2.54. The first-order valence-corrected chi connectivity index (χ1v) is 12.7. The second kappa shape index (κ2) is 11.6. The maximum Gasteiger partial charge on any atom is 0.123 e. The zero-order chi connectivity index (χ0) is 23.0. The van der Waals surface area contributed by atoms with Gasteiger partial charge in [0.15, 0.2) is 0 Å². The first-order chi connectivity index (χ1) is 16.2. The molecule has 0 bridgehead atoms. The molecule has 4 rings (SSSR count). The summed E-state index contributed by atoms with van der Waals surface area (Å²) in [5.74, 6) is 2.06. The fraction of sp³-hybridized carbons (Fsp3) is 0.467. The number of allylic oxidation sites excluding steroid dienone is 2. The molecule has 0 spiro atoms. The molecular formula is C30H40N2O. The molecule has 1 aliphatic carbocycles. The van der Waals surface area contributed by atoms with Crippen molar-refractivity contribution in [3.63, 3.8) is 0 Å². The monoisotopic (exact) mass is 444 g/mol. The molecule has 2 aliphatic rings. The lowest BCUT2D eigenvalue weighted by molar-refractivity contribution is 0.165. The van der Waals surface area contributed by atoms with Gasteiger partial charge in [0.25, 0.3) is 0 Å². The molecular weight excluding hydrogens is 404 g/mol. The topological polar surface area (TPSA) is 24.5 Å². The highest BCUT2D eigenvalue weighted by Crippen LogP contribution is 2.39. The molecule has 1 fully saturated rings. The first-order valence-electron chi connectivity index (χ1n) is 12.7. The summed E-state index contributed by atoms with van der Waals surface area (Å²) in [5, 5.41) is 4.01. The molecule has 0 saturated heterocycles. The Morgan fingerprint density at radius 2 is 1.79 bits per heavy atom. The Labute approximate surface area is 200 Å². The molecule has 1 aliphatic heterocycles. The van der Waals surface area contributed by atoms with E-state index < -0.39 is 0 Å². The molecule has 3 heteroatoms. The smallest absolute Gasteiger partial charge is 0.123 e. The van der Waals surface area contributed by atoms with E-state index in [1.807, 2.05) is 0 Å². The van der Waals surface area contributed by atoms with Crippen LogP contribution in [-0.2, 0) is 6.54 Å². The van der Waals surface area contributed by atoms with Crippen molar-refractivity contribution in [1.82, 2.24) is 10.2 Å². The van der Waals surface area contributed by atoms with Gasteiger partial charge in [0.2, 0.25) is 0 Å². The van der Waals surface area contributed by atoms with Gasteiger partial charge in [0.05, 0.1) is 13.2 Å². The molecule has 33 heavy (non-hydrogen) atoms. The number of nitrogens with zero attached hydrogens (tertiary/aromatic N) is 1. The van der Waals surface area contributed by atoms with Crippen LogP contribution in [0.25, 0.3) is 0 Å². The van der Waals surface area contributed by atoms with Crippen molar-refractivity contribution < 1.29 is 4.74 Å². The molecule has 3 nitrogen and oxygen atoms in total. The number of methoxy groups -OCH3 is 1. The van der Waals surface area contributed by atoms with Gasteiger partial charge in [-0.1, -0.05) is 87.7 Å². The van der Waals surface area contributed by atoms with Gasteiger partial charge in [-0.2, -0.15) is 0 Å². The van der Waals surface area contributed by atoms with E-state index in [1.54, 1.807) is 7.11 Å². The number of nitrogens with one attached hydrogen (secondary N) is 1. The standard InChI is InChI=1S/C30H40N2O/c1-23(2)25-17-18-29(33-3)26(21-25)22-31-28-16-10-5-9-15-27(28)30(24-13-7-4-8-14-24)32-19-11-6-12-20-32/h4,6-8,11-14,17-19,21,23,27-28,30-31H,5,9-10,15-16,20,22H2,1-3H3/t27-,28+,30?/m1/s1. The van der Waals surface area contributed by atoms with Crippen LogP contribution < -0.4 is 10.1 Å². The van der Waals surface area contributed by atoms with Crippen LogP contribution in [-0.4, -0.2) is 24.6 Å². The average molecular weight is 445 g/mol. The zero-order valence-electron chi connectivity index (χ0n) is 20.5. The molecule has 1 N–H and O–H groups in total. The molecule has 176 valence electrons. The summed E-state index contributed by atoms with van der Waals surface area (Å²) >= 11 is 0. The Bertz CT molecular complexity index is 934. The summed E-state index contributed by atoms with van der Waals surface area (Å²) in [6.07, 6.45) is 15.3. The number of hydrogen-bond donors (Lipinski definition) is 1. The Hall–Kier alpha value is -2.52. The van der Waals surface area contributed by atoms with Crippen LogP contribution in [0.3, 0.4) is 0 Å². The van der Waals surface area contributed by atoms with Crippen LogP contribution in [0.1, 0.15) is 74.6 Å². The molecule has 0 aromatic heterocycles. The summed E-state index contributed by atoms with van der Waals surface area (Å²) < 4.78 is 5.72. The fourth-order valence-electron chi connectivity index (χ4n) is 5.53.